The molecule has 2 aromatic rings. The zero-order chi connectivity index (χ0) is 10.7. The second-order valence-electron chi connectivity index (χ2n) is 2.84. The van der Waals surface area contributed by atoms with Crippen molar-refractivity contribution in [3.05, 3.63) is 30.2 Å². The highest BCUT2D eigenvalue weighted by Gasteiger charge is 2.09. The molecule has 0 saturated carbocycles. The lowest BCUT2D eigenvalue weighted by Gasteiger charge is -1.94. The molecule has 2 rings (SSSR count). The molecule has 2 heterocycles. The molecule has 5 nitrogen and oxygen atoms in total. The summed E-state index contributed by atoms with van der Waals surface area (Å²) < 4.78 is 1.53. The predicted molar refractivity (Wildman–Crippen MR) is 54.2 cm³/mol. The lowest BCUT2D eigenvalue weighted by Crippen LogP contribution is -2.23. The van der Waals surface area contributed by atoms with Gasteiger partial charge in [-0.25, -0.2) is 9.50 Å². The third-order valence-corrected chi connectivity index (χ3v) is 1.82. The SMILES string of the molecule is C#CCNC(=O)c1cc2ncccn2n1. The summed E-state index contributed by atoms with van der Waals surface area (Å²) >= 11 is 0. The zero-order valence-electron chi connectivity index (χ0n) is 7.84. The van der Waals surface area contributed by atoms with Gasteiger partial charge in [0.25, 0.3) is 5.91 Å². The van der Waals surface area contributed by atoms with Crippen molar-refractivity contribution in [1.82, 2.24) is 19.9 Å². The number of nitrogens with one attached hydrogen (secondary N) is 1. The van der Waals surface area contributed by atoms with Gasteiger partial charge < -0.3 is 5.32 Å². The van der Waals surface area contributed by atoms with Crippen LogP contribution >= 0.6 is 0 Å². The number of aromatic nitrogens is 3. The molecule has 0 aliphatic rings. The number of carbonyl (C=O) groups excluding carboxylic acids is 1. The van der Waals surface area contributed by atoms with E-state index in [1.54, 1.807) is 24.5 Å². The van der Waals surface area contributed by atoms with Crippen LogP contribution in [0.2, 0.25) is 0 Å². The number of amides is 1. The number of carbonyl (C=O) groups is 1. The Hall–Kier alpha value is -2.35. The molecule has 0 radical (unpaired) electrons. The molecule has 0 saturated heterocycles. The Morgan fingerprint density at radius 2 is 2.53 bits per heavy atom. The van der Waals surface area contributed by atoms with Crippen LogP contribution in [-0.2, 0) is 0 Å². The molecule has 0 atom stereocenters. The standard InChI is InChI=1S/C10H8N4O/c1-2-4-12-10(15)8-7-9-11-5-3-6-14(9)13-8/h1,3,5-7H,4H2,(H,12,15). The first kappa shape index (κ1) is 9.21. The second kappa shape index (κ2) is 3.80. The van der Waals surface area contributed by atoms with Gasteiger partial charge in [-0.2, -0.15) is 5.10 Å². The molecular formula is C10H8N4O. The van der Waals surface area contributed by atoms with Crippen LogP contribution in [0.25, 0.3) is 5.65 Å². The topological polar surface area (TPSA) is 59.3 Å². The van der Waals surface area contributed by atoms with E-state index in [1.165, 1.54) is 4.52 Å². The molecule has 0 aliphatic carbocycles. The number of hydrogen-bond acceptors (Lipinski definition) is 3. The van der Waals surface area contributed by atoms with E-state index in [2.05, 4.69) is 21.3 Å². The third kappa shape index (κ3) is 1.79. The smallest absolute Gasteiger partial charge is 0.272 e. The van der Waals surface area contributed by atoms with Crippen molar-refractivity contribution in [2.45, 2.75) is 0 Å². The normalized spacial score (nSPS) is 9.80. The molecule has 1 N–H and O–H groups in total. The van der Waals surface area contributed by atoms with Gasteiger partial charge in [0.05, 0.1) is 6.54 Å². The Morgan fingerprint density at radius 1 is 1.67 bits per heavy atom. The number of fused-ring (bicyclic) bond motifs is 1. The Balaban J connectivity index is 2.29. The third-order valence-electron chi connectivity index (χ3n) is 1.82. The molecule has 5 heteroatoms. The predicted octanol–water partition coefficient (Wildman–Crippen LogP) is 0.0923. The molecule has 0 unspecified atom stereocenters. The quantitative estimate of drug-likeness (QED) is 0.699. The van der Waals surface area contributed by atoms with E-state index in [1.807, 2.05) is 0 Å². The fraction of sp³-hybridized carbons (Fsp3) is 0.100. The van der Waals surface area contributed by atoms with Crippen molar-refractivity contribution in [3.63, 3.8) is 0 Å². The first-order chi connectivity index (χ1) is 7.31. The summed E-state index contributed by atoms with van der Waals surface area (Å²) in [5, 5.41) is 6.57. The van der Waals surface area contributed by atoms with Crippen LogP contribution in [-0.4, -0.2) is 27.0 Å². The van der Waals surface area contributed by atoms with Crippen LogP contribution in [0.3, 0.4) is 0 Å². The molecule has 0 bridgehead atoms. The van der Waals surface area contributed by atoms with Gasteiger partial charge in [0.2, 0.25) is 0 Å². The number of hydrogen-bond donors (Lipinski definition) is 1. The summed E-state index contributed by atoms with van der Waals surface area (Å²) in [6.07, 6.45) is 8.39. The highest BCUT2D eigenvalue weighted by atomic mass is 16.1. The van der Waals surface area contributed by atoms with Crippen molar-refractivity contribution in [1.29, 1.82) is 0 Å². The number of rotatable bonds is 2. The molecule has 15 heavy (non-hydrogen) atoms. The van der Waals surface area contributed by atoms with E-state index >= 15 is 0 Å². The summed E-state index contributed by atoms with van der Waals surface area (Å²) in [5.74, 6) is 2.03. The highest BCUT2D eigenvalue weighted by molar-refractivity contribution is 5.93. The number of terminal acetylenes is 1. The molecular weight excluding hydrogens is 192 g/mol. The molecule has 1 amide bonds. The summed E-state index contributed by atoms with van der Waals surface area (Å²) in [7, 11) is 0. The minimum Gasteiger partial charge on any atom is -0.340 e. The second-order valence-corrected chi connectivity index (χ2v) is 2.84. The maximum atomic E-state index is 11.5. The van der Waals surface area contributed by atoms with Gasteiger partial charge >= 0.3 is 0 Å². The Kier molecular flexibility index (Phi) is 2.33. The maximum Gasteiger partial charge on any atom is 0.272 e. The first-order valence-electron chi connectivity index (χ1n) is 4.33. The molecule has 0 fully saturated rings. The fourth-order valence-corrected chi connectivity index (χ4v) is 1.16. The van der Waals surface area contributed by atoms with E-state index < -0.39 is 0 Å². The van der Waals surface area contributed by atoms with Gasteiger partial charge in [-0.05, 0) is 6.07 Å². The maximum absolute atomic E-state index is 11.5. The number of nitrogens with zero attached hydrogens (tertiary/aromatic N) is 3. The van der Waals surface area contributed by atoms with Crippen molar-refractivity contribution in [2.75, 3.05) is 6.54 Å². The Bertz CT molecular complexity index is 505. The molecule has 0 aromatic carbocycles. The first-order valence-corrected chi connectivity index (χ1v) is 4.33. The molecule has 0 aliphatic heterocycles. The molecule has 2 aromatic heterocycles. The van der Waals surface area contributed by atoms with Crippen molar-refractivity contribution in [2.24, 2.45) is 0 Å². The molecule has 0 spiro atoms. The van der Waals surface area contributed by atoms with Gasteiger partial charge in [-0.1, -0.05) is 5.92 Å². The lowest BCUT2D eigenvalue weighted by atomic mass is 10.4. The minimum absolute atomic E-state index is 0.195. The lowest BCUT2D eigenvalue weighted by molar-refractivity contribution is 0.0953. The Labute approximate surface area is 86.1 Å². The fourth-order valence-electron chi connectivity index (χ4n) is 1.16. The highest BCUT2D eigenvalue weighted by Crippen LogP contribution is 2.02. The average Bonchev–Trinajstić information content (AvgIpc) is 2.69. The van der Waals surface area contributed by atoms with Gasteiger partial charge in [-0.3, -0.25) is 4.79 Å². The minimum atomic E-state index is -0.293. The van der Waals surface area contributed by atoms with Crippen molar-refractivity contribution < 1.29 is 4.79 Å². The van der Waals surface area contributed by atoms with Crippen LogP contribution in [0, 0.1) is 12.3 Å². The summed E-state index contributed by atoms with van der Waals surface area (Å²) in [4.78, 5) is 15.5. The van der Waals surface area contributed by atoms with E-state index in [0.29, 0.717) is 11.3 Å². The zero-order valence-corrected chi connectivity index (χ0v) is 7.84. The Morgan fingerprint density at radius 3 is 3.27 bits per heavy atom. The van der Waals surface area contributed by atoms with Crippen LogP contribution in [0.1, 0.15) is 10.5 Å². The average molecular weight is 200 g/mol. The van der Waals surface area contributed by atoms with Gasteiger partial charge in [0.1, 0.15) is 0 Å². The van der Waals surface area contributed by atoms with Gasteiger partial charge in [-0.15, -0.1) is 6.42 Å². The van der Waals surface area contributed by atoms with E-state index in [4.69, 9.17) is 6.42 Å². The van der Waals surface area contributed by atoms with Crippen molar-refractivity contribution >= 4 is 11.6 Å². The summed E-state index contributed by atoms with van der Waals surface area (Å²) in [6, 6.07) is 3.34. The van der Waals surface area contributed by atoms with E-state index in [-0.39, 0.29) is 12.5 Å². The van der Waals surface area contributed by atoms with Crippen LogP contribution in [0.15, 0.2) is 24.5 Å². The summed E-state index contributed by atoms with van der Waals surface area (Å²) in [6.45, 7) is 0.195. The summed E-state index contributed by atoms with van der Waals surface area (Å²) in [5.41, 5.74) is 0.937. The van der Waals surface area contributed by atoms with E-state index in [0.717, 1.165) is 0 Å². The van der Waals surface area contributed by atoms with E-state index in [9.17, 15) is 4.79 Å². The van der Waals surface area contributed by atoms with Crippen molar-refractivity contribution in [3.8, 4) is 12.3 Å². The largest absolute Gasteiger partial charge is 0.340 e. The van der Waals surface area contributed by atoms with Gasteiger partial charge in [0, 0.05) is 18.5 Å². The monoisotopic (exact) mass is 200 g/mol. The van der Waals surface area contributed by atoms with Crippen LogP contribution in [0.5, 0.6) is 0 Å². The van der Waals surface area contributed by atoms with Crippen LogP contribution < -0.4 is 5.32 Å². The molecule has 74 valence electrons. The van der Waals surface area contributed by atoms with Gasteiger partial charge in [0.15, 0.2) is 11.3 Å². The van der Waals surface area contributed by atoms with Crippen LogP contribution in [0.4, 0.5) is 0 Å².